The van der Waals surface area contributed by atoms with Gasteiger partial charge in [0, 0.05) is 43.1 Å². The molecule has 1 amide bonds. The predicted octanol–water partition coefficient (Wildman–Crippen LogP) is 3.81. The normalized spacial score (nSPS) is 17.4. The van der Waals surface area contributed by atoms with Crippen LogP contribution in [0.3, 0.4) is 0 Å². The van der Waals surface area contributed by atoms with Crippen molar-refractivity contribution in [3.63, 3.8) is 0 Å². The van der Waals surface area contributed by atoms with Gasteiger partial charge in [0.1, 0.15) is 5.69 Å². The van der Waals surface area contributed by atoms with Crippen molar-refractivity contribution in [1.29, 1.82) is 0 Å². The Bertz CT molecular complexity index is 900. The number of hydrogen-bond acceptors (Lipinski definition) is 6. The second-order valence-electron chi connectivity index (χ2n) is 6.39. The van der Waals surface area contributed by atoms with Gasteiger partial charge in [-0.15, -0.1) is 11.3 Å². The topological polar surface area (TPSA) is 88.4 Å². The molecule has 1 atom stereocenters. The lowest BCUT2D eigenvalue weighted by Gasteiger charge is -2.33. The number of rotatable bonds is 4. The molecule has 1 saturated heterocycles. The van der Waals surface area contributed by atoms with E-state index in [1.807, 2.05) is 0 Å². The second kappa shape index (κ2) is 7.74. The lowest BCUT2D eigenvalue weighted by atomic mass is 9.97. The molecule has 28 heavy (non-hydrogen) atoms. The van der Waals surface area contributed by atoms with E-state index >= 15 is 0 Å². The molecule has 1 unspecified atom stereocenters. The van der Waals surface area contributed by atoms with Crippen LogP contribution in [0.4, 0.5) is 24.5 Å². The summed E-state index contributed by atoms with van der Waals surface area (Å²) in [5.41, 5.74) is -0.612. The number of aromatic nitrogens is 1. The van der Waals surface area contributed by atoms with Gasteiger partial charge in [-0.25, -0.2) is 4.98 Å². The first-order valence-electron chi connectivity index (χ1n) is 8.48. The lowest BCUT2D eigenvalue weighted by molar-refractivity contribution is -0.384. The summed E-state index contributed by atoms with van der Waals surface area (Å²) < 4.78 is 38.4. The van der Waals surface area contributed by atoms with Crippen molar-refractivity contribution in [2.24, 2.45) is 0 Å². The SMILES string of the molecule is CNC(=O)c1ccc(N2CCCC(c3nc(C(F)(F)F)cs3)C2)c([N+](=O)[O-])c1. The molecule has 0 radical (unpaired) electrons. The van der Waals surface area contributed by atoms with Crippen molar-refractivity contribution in [2.45, 2.75) is 24.9 Å². The smallest absolute Gasteiger partial charge is 0.365 e. The van der Waals surface area contributed by atoms with E-state index in [1.54, 1.807) is 4.90 Å². The number of nitrogens with one attached hydrogen (secondary N) is 1. The number of hydrogen-bond donors (Lipinski definition) is 1. The van der Waals surface area contributed by atoms with E-state index in [-0.39, 0.29) is 17.2 Å². The van der Waals surface area contributed by atoms with Gasteiger partial charge in [0.05, 0.1) is 9.93 Å². The quantitative estimate of drug-likeness (QED) is 0.607. The molecule has 11 heteroatoms. The number of carbonyl (C=O) groups excluding carboxylic acids is 1. The van der Waals surface area contributed by atoms with Crippen LogP contribution in [-0.2, 0) is 6.18 Å². The predicted molar refractivity (Wildman–Crippen MR) is 97.8 cm³/mol. The molecule has 0 spiro atoms. The number of alkyl halides is 3. The zero-order valence-electron chi connectivity index (χ0n) is 14.8. The van der Waals surface area contributed by atoms with Crippen molar-refractivity contribution in [3.05, 3.63) is 50.0 Å². The molecule has 150 valence electrons. The standard InChI is InChI=1S/C17H17F3N4O3S/c1-21-15(25)10-4-5-12(13(7-10)24(26)27)23-6-2-3-11(8-23)16-22-14(9-28-16)17(18,19)20/h4-5,7,9,11H,2-3,6,8H2,1H3,(H,21,25). The van der Waals surface area contributed by atoms with Crippen LogP contribution in [0.1, 0.15) is 39.8 Å². The molecular weight excluding hydrogens is 397 g/mol. The maximum absolute atomic E-state index is 12.8. The maximum atomic E-state index is 12.8. The van der Waals surface area contributed by atoms with E-state index in [9.17, 15) is 28.1 Å². The van der Waals surface area contributed by atoms with Crippen LogP contribution in [0.25, 0.3) is 0 Å². The second-order valence-corrected chi connectivity index (χ2v) is 7.28. The number of piperidine rings is 1. The Hall–Kier alpha value is -2.69. The van der Waals surface area contributed by atoms with Crippen LogP contribution < -0.4 is 10.2 Å². The van der Waals surface area contributed by atoms with Gasteiger partial charge < -0.3 is 10.2 Å². The van der Waals surface area contributed by atoms with Gasteiger partial charge in [-0.2, -0.15) is 13.2 Å². The molecule has 3 rings (SSSR count). The molecule has 2 heterocycles. The number of thiazole rings is 1. The molecule has 0 saturated carbocycles. The van der Waals surface area contributed by atoms with Gasteiger partial charge in [0.2, 0.25) is 0 Å². The Balaban J connectivity index is 1.87. The number of anilines is 1. The van der Waals surface area contributed by atoms with Crippen molar-refractivity contribution in [3.8, 4) is 0 Å². The van der Waals surface area contributed by atoms with Crippen LogP contribution in [-0.4, -0.2) is 36.0 Å². The van der Waals surface area contributed by atoms with Crippen molar-refractivity contribution in [2.75, 3.05) is 25.0 Å². The highest BCUT2D eigenvalue weighted by Gasteiger charge is 2.35. The van der Waals surface area contributed by atoms with E-state index in [4.69, 9.17) is 0 Å². The summed E-state index contributed by atoms with van der Waals surface area (Å²) in [6.07, 6.45) is -3.16. The Morgan fingerprint density at radius 3 is 2.79 bits per heavy atom. The fraction of sp³-hybridized carbons (Fsp3) is 0.412. The molecular formula is C17H17F3N4O3S. The number of carbonyl (C=O) groups is 1. The first kappa shape index (κ1) is 20.1. The zero-order chi connectivity index (χ0) is 20.5. The van der Waals surface area contributed by atoms with Gasteiger partial charge in [-0.05, 0) is 25.0 Å². The molecule has 1 aliphatic heterocycles. The molecule has 0 bridgehead atoms. The Labute approximate surface area is 162 Å². The van der Waals surface area contributed by atoms with Crippen LogP contribution in [0.5, 0.6) is 0 Å². The maximum Gasteiger partial charge on any atom is 0.434 e. The third-order valence-corrected chi connectivity index (χ3v) is 5.59. The molecule has 1 aromatic heterocycles. The zero-order valence-corrected chi connectivity index (χ0v) is 15.6. The van der Waals surface area contributed by atoms with Gasteiger partial charge in [-0.3, -0.25) is 14.9 Å². The van der Waals surface area contributed by atoms with Crippen molar-refractivity contribution < 1.29 is 22.9 Å². The van der Waals surface area contributed by atoms with E-state index in [0.717, 1.165) is 16.7 Å². The number of nitro benzene ring substituents is 1. The highest BCUT2D eigenvalue weighted by atomic mass is 32.1. The van der Waals surface area contributed by atoms with Crippen LogP contribution in [0.15, 0.2) is 23.6 Å². The summed E-state index contributed by atoms with van der Waals surface area (Å²) in [6.45, 7) is 0.860. The Kier molecular flexibility index (Phi) is 5.54. The van der Waals surface area contributed by atoms with E-state index < -0.39 is 22.7 Å². The molecule has 1 N–H and O–H groups in total. The summed E-state index contributed by atoms with van der Waals surface area (Å²) in [4.78, 5) is 28.2. The fourth-order valence-electron chi connectivity index (χ4n) is 3.23. The molecule has 1 aromatic carbocycles. The molecule has 7 nitrogen and oxygen atoms in total. The molecule has 1 fully saturated rings. The average Bonchev–Trinajstić information content (AvgIpc) is 3.17. The Morgan fingerprint density at radius 2 is 2.18 bits per heavy atom. The van der Waals surface area contributed by atoms with Crippen LogP contribution in [0, 0.1) is 10.1 Å². The highest BCUT2D eigenvalue weighted by Crippen LogP contribution is 2.38. The lowest BCUT2D eigenvalue weighted by Crippen LogP contribution is -2.35. The fourth-order valence-corrected chi connectivity index (χ4v) is 4.18. The third-order valence-electron chi connectivity index (χ3n) is 4.59. The number of nitrogens with zero attached hydrogens (tertiary/aromatic N) is 3. The Morgan fingerprint density at radius 1 is 1.43 bits per heavy atom. The number of benzene rings is 1. The van der Waals surface area contributed by atoms with E-state index in [0.29, 0.717) is 36.6 Å². The summed E-state index contributed by atoms with van der Waals surface area (Å²) in [5, 5.41) is 15.3. The van der Waals surface area contributed by atoms with Gasteiger partial charge in [0.15, 0.2) is 5.69 Å². The minimum Gasteiger partial charge on any atom is -0.365 e. The van der Waals surface area contributed by atoms with E-state index in [2.05, 4.69) is 10.3 Å². The number of amides is 1. The van der Waals surface area contributed by atoms with E-state index in [1.165, 1.54) is 25.2 Å². The largest absolute Gasteiger partial charge is 0.434 e. The minimum absolute atomic E-state index is 0.168. The highest BCUT2D eigenvalue weighted by molar-refractivity contribution is 7.09. The van der Waals surface area contributed by atoms with Crippen molar-refractivity contribution in [1.82, 2.24) is 10.3 Å². The minimum atomic E-state index is -4.49. The average molecular weight is 414 g/mol. The molecule has 2 aromatic rings. The van der Waals surface area contributed by atoms with Crippen LogP contribution in [0.2, 0.25) is 0 Å². The van der Waals surface area contributed by atoms with Gasteiger partial charge in [-0.1, -0.05) is 0 Å². The van der Waals surface area contributed by atoms with Gasteiger partial charge >= 0.3 is 6.18 Å². The molecule has 1 aliphatic rings. The van der Waals surface area contributed by atoms with Gasteiger partial charge in [0.25, 0.3) is 11.6 Å². The summed E-state index contributed by atoms with van der Waals surface area (Å²) in [7, 11) is 1.43. The monoisotopic (exact) mass is 414 g/mol. The summed E-state index contributed by atoms with van der Waals surface area (Å²) >= 11 is 0.955. The number of nitro groups is 1. The first-order chi connectivity index (χ1) is 13.2. The number of halogens is 3. The third kappa shape index (κ3) is 4.08. The van der Waals surface area contributed by atoms with Crippen molar-refractivity contribution >= 4 is 28.6 Å². The summed E-state index contributed by atoms with van der Waals surface area (Å²) in [6, 6.07) is 4.22. The van der Waals surface area contributed by atoms with Crippen LogP contribution >= 0.6 is 11.3 Å². The summed E-state index contributed by atoms with van der Waals surface area (Å²) in [5.74, 6) is -0.679. The first-order valence-corrected chi connectivity index (χ1v) is 9.36. The molecule has 0 aliphatic carbocycles.